The van der Waals surface area contributed by atoms with Crippen LogP contribution in [0.3, 0.4) is 0 Å². The van der Waals surface area contributed by atoms with Crippen LogP contribution in [0.25, 0.3) is 0 Å². The summed E-state index contributed by atoms with van der Waals surface area (Å²) in [5.41, 5.74) is 0.525. The summed E-state index contributed by atoms with van der Waals surface area (Å²) in [6.45, 7) is 3.84. The van der Waals surface area contributed by atoms with Crippen molar-refractivity contribution in [3.63, 3.8) is 0 Å². The molecular formula is C13H18Cl3F3N2. The minimum absolute atomic E-state index is 0. The summed E-state index contributed by atoms with van der Waals surface area (Å²) in [4.78, 5) is 1.59. The SMILES string of the molecule is Cc1ccc(F)c([C@@H](C(F)F)N2CCNCC2)c1Cl.Cl.Cl. The summed E-state index contributed by atoms with van der Waals surface area (Å²) in [6, 6.07) is 1.42. The van der Waals surface area contributed by atoms with Crippen LogP contribution >= 0.6 is 36.4 Å². The van der Waals surface area contributed by atoms with E-state index in [9.17, 15) is 13.2 Å². The van der Waals surface area contributed by atoms with E-state index in [0.717, 1.165) is 0 Å². The Labute approximate surface area is 139 Å². The molecule has 0 radical (unpaired) electrons. The summed E-state index contributed by atoms with van der Waals surface area (Å²) in [5.74, 6) is -0.667. The number of benzene rings is 1. The van der Waals surface area contributed by atoms with Crippen LogP contribution in [0.2, 0.25) is 5.02 Å². The van der Waals surface area contributed by atoms with Crippen molar-refractivity contribution in [2.45, 2.75) is 19.4 Å². The third kappa shape index (κ3) is 4.63. The van der Waals surface area contributed by atoms with Crippen molar-refractivity contribution in [2.24, 2.45) is 0 Å². The Kier molecular flexibility index (Phi) is 8.97. The second kappa shape index (κ2) is 9.06. The van der Waals surface area contributed by atoms with E-state index in [1.54, 1.807) is 11.8 Å². The van der Waals surface area contributed by atoms with Crippen molar-refractivity contribution >= 4 is 36.4 Å². The fourth-order valence-electron chi connectivity index (χ4n) is 2.38. The Morgan fingerprint density at radius 3 is 2.29 bits per heavy atom. The van der Waals surface area contributed by atoms with Gasteiger partial charge < -0.3 is 5.32 Å². The van der Waals surface area contributed by atoms with Crippen LogP contribution in [0.1, 0.15) is 17.2 Å². The highest BCUT2D eigenvalue weighted by Gasteiger charge is 2.34. The number of alkyl halides is 2. The maximum atomic E-state index is 13.9. The first-order valence-corrected chi connectivity index (χ1v) is 6.57. The Balaban J connectivity index is 0.00000200. The monoisotopic (exact) mass is 364 g/mol. The Bertz CT molecular complexity index is 455. The van der Waals surface area contributed by atoms with Crippen LogP contribution in [0.5, 0.6) is 0 Å². The van der Waals surface area contributed by atoms with Gasteiger partial charge in [-0.25, -0.2) is 13.2 Å². The van der Waals surface area contributed by atoms with Crippen LogP contribution in [-0.2, 0) is 0 Å². The highest BCUT2D eigenvalue weighted by atomic mass is 35.5. The van der Waals surface area contributed by atoms with Gasteiger partial charge in [0.2, 0.25) is 0 Å². The smallest absolute Gasteiger partial charge is 0.258 e. The molecule has 1 atom stereocenters. The molecular weight excluding hydrogens is 348 g/mol. The number of rotatable bonds is 3. The largest absolute Gasteiger partial charge is 0.314 e. The van der Waals surface area contributed by atoms with E-state index in [1.165, 1.54) is 12.1 Å². The van der Waals surface area contributed by atoms with Crippen LogP contribution < -0.4 is 5.32 Å². The van der Waals surface area contributed by atoms with Crippen molar-refractivity contribution in [3.05, 3.63) is 34.1 Å². The van der Waals surface area contributed by atoms with Crippen molar-refractivity contribution in [1.82, 2.24) is 10.2 Å². The molecule has 1 N–H and O–H groups in total. The fraction of sp³-hybridized carbons (Fsp3) is 0.538. The highest BCUT2D eigenvalue weighted by molar-refractivity contribution is 6.32. The predicted octanol–water partition coefficient (Wildman–Crippen LogP) is 3.84. The molecule has 21 heavy (non-hydrogen) atoms. The van der Waals surface area contributed by atoms with Gasteiger partial charge in [-0.1, -0.05) is 17.7 Å². The van der Waals surface area contributed by atoms with E-state index in [1.807, 2.05) is 0 Å². The van der Waals surface area contributed by atoms with Gasteiger partial charge in [0, 0.05) is 31.7 Å². The summed E-state index contributed by atoms with van der Waals surface area (Å²) in [6.07, 6.45) is -2.67. The Hall–Kier alpha value is -0.200. The molecule has 1 aromatic carbocycles. The lowest BCUT2D eigenvalue weighted by molar-refractivity contribution is 0.0164. The quantitative estimate of drug-likeness (QED) is 0.875. The van der Waals surface area contributed by atoms with Gasteiger partial charge in [-0.15, -0.1) is 24.8 Å². The van der Waals surface area contributed by atoms with Gasteiger partial charge in [-0.05, 0) is 18.6 Å². The third-order valence-corrected chi connectivity index (χ3v) is 3.90. The first-order valence-electron chi connectivity index (χ1n) is 6.19. The first kappa shape index (κ1) is 20.8. The minimum atomic E-state index is -2.67. The highest BCUT2D eigenvalue weighted by Crippen LogP contribution is 2.36. The molecule has 1 heterocycles. The zero-order valence-electron chi connectivity index (χ0n) is 11.4. The number of piperazine rings is 1. The molecule has 0 saturated carbocycles. The average molecular weight is 366 g/mol. The average Bonchev–Trinajstić information content (AvgIpc) is 2.39. The first-order chi connectivity index (χ1) is 9.02. The van der Waals surface area contributed by atoms with Gasteiger partial charge in [-0.2, -0.15) is 0 Å². The predicted molar refractivity (Wildman–Crippen MR) is 83.8 cm³/mol. The second-order valence-electron chi connectivity index (χ2n) is 4.66. The van der Waals surface area contributed by atoms with E-state index >= 15 is 0 Å². The van der Waals surface area contributed by atoms with Crippen molar-refractivity contribution in [2.75, 3.05) is 26.2 Å². The van der Waals surface area contributed by atoms with E-state index in [0.29, 0.717) is 31.7 Å². The molecule has 122 valence electrons. The minimum Gasteiger partial charge on any atom is -0.314 e. The van der Waals surface area contributed by atoms with Crippen LogP contribution in [0, 0.1) is 12.7 Å². The molecule has 2 nitrogen and oxygen atoms in total. The van der Waals surface area contributed by atoms with Crippen LogP contribution in [-0.4, -0.2) is 37.5 Å². The van der Waals surface area contributed by atoms with E-state index in [4.69, 9.17) is 11.6 Å². The van der Waals surface area contributed by atoms with Gasteiger partial charge in [0.15, 0.2) is 0 Å². The van der Waals surface area contributed by atoms with Crippen molar-refractivity contribution < 1.29 is 13.2 Å². The van der Waals surface area contributed by atoms with Crippen molar-refractivity contribution in [1.29, 1.82) is 0 Å². The Morgan fingerprint density at radius 2 is 1.76 bits per heavy atom. The maximum absolute atomic E-state index is 13.9. The lowest BCUT2D eigenvalue weighted by Crippen LogP contribution is -2.47. The summed E-state index contributed by atoms with van der Waals surface area (Å²) >= 11 is 6.04. The van der Waals surface area contributed by atoms with Crippen LogP contribution in [0.4, 0.5) is 13.2 Å². The molecule has 0 aromatic heterocycles. The second-order valence-corrected chi connectivity index (χ2v) is 5.04. The molecule has 2 rings (SSSR count). The number of halogens is 6. The van der Waals surface area contributed by atoms with Gasteiger partial charge in [0.25, 0.3) is 6.43 Å². The molecule has 1 aromatic rings. The van der Waals surface area contributed by atoms with Gasteiger partial charge >= 0.3 is 0 Å². The molecule has 1 fully saturated rings. The standard InChI is InChI=1S/C13H16ClF3N2.2ClH/c1-8-2-3-9(15)10(11(8)14)12(13(16)17)19-6-4-18-5-7-19;;/h2-3,12-13,18H,4-7H2,1H3;2*1H/t12-;;/m0../s1. The number of aryl methyl sites for hydroxylation is 1. The van der Waals surface area contributed by atoms with Gasteiger partial charge in [-0.3, -0.25) is 4.90 Å². The molecule has 1 aliphatic heterocycles. The van der Waals surface area contributed by atoms with Gasteiger partial charge in [0.05, 0.1) is 5.02 Å². The zero-order chi connectivity index (χ0) is 14.0. The number of nitrogens with one attached hydrogen (secondary N) is 1. The maximum Gasteiger partial charge on any atom is 0.258 e. The van der Waals surface area contributed by atoms with E-state index in [-0.39, 0.29) is 35.4 Å². The third-order valence-electron chi connectivity index (χ3n) is 3.40. The molecule has 1 aliphatic rings. The van der Waals surface area contributed by atoms with Crippen LogP contribution in [0.15, 0.2) is 12.1 Å². The summed E-state index contributed by atoms with van der Waals surface area (Å²) < 4.78 is 40.7. The Morgan fingerprint density at radius 1 is 1.19 bits per heavy atom. The van der Waals surface area contributed by atoms with Gasteiger partial charge in [0.1, 0.15) is 11.9 Å². The zero-order valence-corrected chi connectivity index (χ0v) is 13.8. The lowest BCUT2D eigenvalue weighted by atomic mass is 10.0. The molecule has 0 unspecified atom stereocenters. The van der Waals surface area contributed by atoms with E-state index in [2.05, 4.69) is 5.32 Å². The summed E-state index contributed by atoms with van der Waals surface area (Å²) in [7, 11) is 0. The number of hydrogen-bond acceptors (Lipinski definition) is 2. The molecule has 0 amide bonds. The molecule has 8 heteroatoms. The molecule has 1 saturated heterocycles. The normalized spacial score (nSPS) is 17.0. The number of hydrogen-bond donors (Lipinski definition) is 1. The number of nitrogens with zero attached hydrogens (tertiary/aromatic N) is 1. The summed E-state index contributed by atoms with van der Waals surface area (Å²) in [5, 5.41) is 3.19. The van der Waals surface area contributed by atoms with E-state index < -0.39 is 18.3 Å². The molecule has 0 aliphatic carbocycles. The lowest BCUT2D eigenvalue weighted by Gasteiger charge is -2.35. The fourth-order valence-corrected chi connectivity index (χ4v) is 2.64. The molecule has 0 spiro atoms. The molecule has 0 bridgehead atoms. The van der Waals surface area contributed by atoms with Crippen molar-refractivity contribution in [3.8, 4) is 0 Å². The topological polar surface area (TPSA) is 15.3 Å².